The Bertz CT molecular complexity index is 1690. The number of amides is 2. The van der Waals surface area contributed by atoms with Crippen LogP contribution < -0.4 is 24.3 Å². The lowest BCUT2D eigenvalue weighted by Gasteiger charge is -2.24. The summed E-state index contributed by atoms with van der Waals surface area (Å²) in [6.45, 7) is 0.169. The molecule has 0 aliphatic carbocycles. The Morgan fingerprint density at radius 3 is 2.22 bits per heavy atom. The predicted molar refractivity (Wildman–Crippen MR) is 169 cm³/mol. The van der Waals surface area contributed by atoms with Crippen LogP contribution in [0.5, 0.6) is 23.0 Å². The molecule has 1 atom stereocenters. The third-order valence-electron chi connectivity index (χ3n) is 7.39. The van der Waals surface area contributed by atoms with Gasteiger partial charge < -0.3 is 28.8 Å². The molecular weight excluding hydrogens is 596 g/mol. The molecule has 4 aromatic rings. The summed E-state index contributed by atoms with van der Waals surface area (Å²) in [4.78, 5) is 26.3. The Morgan fingerprint density at radius 2 is 1.58 bits per heavy atom. The van der Waals surface area contributed by atoms with Gasteiger partial charge in [-0.05, 0) is 60.2 Å². The van der Waals surface area contributed by atoms with Crippen molar-refractivity contribution in [1.82, 2.24) is 25.1 Å². The molecule has 0 saturated carbocycles. The molecule has 1 aliphatic rings. The highest BCUT2D eigenvalue weighted by atomic mass is 32.2. The monoisotopic (exact) mass is 630 g/mol. The van der Waals surface area contributed by atoms with Gasteiger partial charge in [0.1, 0.15) is 11.5 Å². The highest BCUT2D eigenvalue weighted by Crippen LogP contribution is 2.42. The van der Waals surface area contributed by atoms with Gasteiger partial charge >= 0.3 is 0 Å². The molecule has 13 heteroatoms. The average molecular weight is 631 g/mol. The van der Waals surface area contributed by atoms with Gasteiger partial charge in [-0.25, -0.2) is 5.01 Å². The molecule has 1 aliphatic heterocycles. The number of ether oxygens (including phenoxy) is 4. The summed E-state index contributed by atoms with van der Waals surface area (Å²) in [7, 11) is 8.13. The number of carbonyl (C=O) groups is 2. The SMILES string of the molecule is COc1ccc(C(=O)NCc2nnc(SCC(=O)N3N=C(c4ccc(OC)cc4)C[C@H]3c3cccc(OC)c3OC)n2C)cc1. The van der Waals surface area contributed by atoms with Crippen LogP contribution in [0.2, 0.25) is 0 Å². The van der Waals surface area contributed by atoms with Crippen molar-refractivity contribution < 1.29 is 28.5 Å². The van der Waals surface area contributed by atoms with E-state index in [9.17, 15) is 9.59 Å². The van der Waals surface area contributed by atoms with Crippen LogP contribution in [0.4, 0.5) is 0 Å². The second kappa shape index (κ2) is 14.2. The molecule has 1 N–H and O–H groups in total. The smallest absolute Gasteiger partial charge is 0.253 e. The number of para-hydroxylation sites is 1. The summed E-state index contributed by atoms with van der Waals surface area (Å²) >= 11 is 1.24. The maximum absolute atomic E-state index is 13.8. The lowest BCUT2D eigenvalue weighted by molar-refractivity contribution is -0.130. The molecule has 0 radical (unpaired) electrons. The zero-order chi connectivity index (χ0) is 31.9. The molecule has 0 unspecified atom stereocenters. The van der Waals surface area contributed by atoms with Gasteiger partial charge in [0.05, 0.1) is 52.5 Å². The van der Waals surface area contributed by atoms with Crippen LogP contribution in [-0.4, -0.2) is 71.5 Å². The fourth-order valence-corrected chi connectivity index (χ4v) is 5.72. The van der Waals surface area contributed by atoms with Crippen molar-refractivity contribution in [3.8, 4) is 23.0 Å². The fourth-order valence-electron chi connectivity index (χ4n) is 4.94. The maximum atomic E-state index is 13.8. The van der Waals surface area contributed by atoms with E-state index in [-0.39, 0.29) is 24.1 Å². The lowest BCUT2D eigenvalue weighted by atomic mass is 9.97. The number of rotatable bonds is 12. The molecule has 2 amide bonds. The standard InChI is InChI=1S/C32H34N6O6S/c1-37-28(18-33-31(40)21-11-15-23(42-3)16-12-21)34-35-32(37)45-19-29(39)38-26(24-7-6-8-27(43-4)30(24)44-5)17-25(36-38)20-9-13-22(41-2)14-10-20/h6-16,26H,17-19H2,1-5H3,(H,33,40)/t26-/m0/s1. The molecule has 2 heterocycles. The lowest BCUT2D eigenvalue weighted by Crippen LogP contribution is -2.29. The molecule has 5 rings (SSSR count). The van der Waals surface area contributed by atoms with E-state index in [1.54, 1.807) is 64.3 Å². The largest absolute Gasteiger partial charge is 0.497 e. The minimum Gasteiger partial charge on any atom is -0.497 e. The van der Waals surface area contributed by atoms with Gasteiger partial charge in [0.15, 0.2) is 22.5 Å². The molecule has 45 heavy (non-hydrogen) atoms. The quantitative estimate of drug-likeness (QED) is 0.229. The summed E-state index contributed by atoms with van der Waals surface area (Å²) in [5, 5.41) is 18.1. The van der Waals surface area contributed by atoms with Gasteiger partial charge in [0.25, 0.3) is 11.8 Å². The van der Waals surface area contributed by atoms with Crippen LogP contribution in [0, 0.1) is 0 Å². The van der Waals surface area contributed by atoms with Crippen molar-refractivity contribution >= 4 is 29.3 Å². The van der Waals surface area contributed by atoms with Crippen LogP contribution >= 0.6 is 11.8 Å². The number of aromatic nitrogens is 3. The Hall–Kier alpha value is -5.04. The Balaban J connectivity index is 1.31. The molecule has 0 spiro atoms. The molecule has 0 fully saturated rings. The summed E-state index contributed by atoms with van der Waals surface area (Å²) in [5.74, 6) is 2.67. The third-order valence-corrected chi connectivity index (χ3v) is 8.40. The number of thioether (sulfide) groups is 1. The van der Waals surface area contributed by atoms with E-state index >= 15 is 0 Å². The molecule has 3 aromatic carbocycles. The highest BCUT2D eigenvalue weighted by molar-refractivity contribution is 7.99. The second-order valence-corrected chi connectivity index (χ2v) is 10.9. The predicted octanol–water partition coefficient (Wildman–Crippen LogP) is 4.25. The topological polar surface area (TPSA) is 129 Å². The summed E-state index contributed by atoms with van der Waals surface area (Å²) in [6, 6.07) is 19.6. The number of hydrogen-bond acceptors (Lipinski definition) is 10. The first-order valence-electron chi connectivity index (χ1n) is 14.0. The zero-order valence-corrected chi connectivity index (χ0v) is 26.5. The van der Waals surface area contributed by atoms with E-state index in [1.807, 2.05) is 42.5 Å². The summed E-state index contributed by atoms with van der Waals surface area (Å²) in [6.07, 6.45) is 0.480. The molecular formula is C32H34N6O6S. The van der Waals surface area contributed by atoms with Gasteiger partial charge in [-0.15, -0.1) is 10.2 Å². The number of nitrogens with zero attached hydrogens (tertiary/aromatic N) is 5. The number of nitrogens with one attached hydrogen (secondary N) is 1. The van der Waals surface area contributed by atoms with Crippen LogP contribution in [0.3, 0.4) is 0 Å². The molecule has 1 aromatic heterocycles. The number of hydrogen-bond donors (Lipinski definition) is 1. The Labute approximate surface area is 265 Å². The van der Waals surface area contributed by atoms with Crippen molar-refractivity contribution in [3.05, 3.63) is 89.2 Å². The molecule has 0 bridgehead atoms. The van der Waals surface area contributed by atoms with E-state index in [0.29, 0.717) is 40.2 Å². The number of hydrazone groups is 1. The van der Waals surface area contributed by atoms with Gasteiger partial charge in [-0.2, -0.15) is 5.10 Å². The summed E-state index contributed by atoms with van der Waals surface area (Å²) in [5.41, 5.74) is 2.94. The Morgan fingerprint density at radius 1 is 0.889 bits per heavy atom. The third kappa shape index (κ3) is 6.88. The van der Waals surface area contributed by atoms with Gasteiger partial charge in [0, 0.05) is 24.6 Å². The van der Waals surface area contributed by atoms with E-state index in [2.05, 4.69) is 15.5 Å². The number of carbonyl (C=O) groups excluding carboxylic acids is 2. The Kier molecular flexibility index (Phi) is 9.88. The van der Waals surface area contributed by atoms with Crippen molar-refractivity contribution in [1.29, 1.82) is 0 Å². The fraction of sp³-hybridized carbons (Fsp3) is 0.281. The van der Waals surface area contributed by atoms with E-state index in [0.717, 1.165) is 22.6 Å². The number of benzene rings is 3. The van der Waals surface area contributed by atoms with Gasteiger partial charge in [-0.1, -0.05) is 23.9 Å². The van der Waals surface area contributed by atoms with E-state index in [1.165, 1.54) is 16.8 Å². The molecule has 12 nitrogen and oxygen atoms in total. The highest BCUT2D eigenvalue weighted by Gasteiger charge is 2.35. The van der Waals surface area contributed by atoms with Crippen molar-refractivity contribution in [2.24, 2.45) is 12.1 Å². The van der Waals surface area contributed by atoms with Crippen LogP contribution in [-0.2, 0) is 18.4 Å². The minimum absolute atomic E-state index is 0.0619. The van der Waals surface area contributed by atoms with E-state index in [4.69, 9.17) is 24.0 Å². The van der Waals surface area contributed by atoms with Gasteiger partial charge in [-0.3, -0.25) is 9.59 Å². The normalized spacial score (nSPS) is 14.1. The van der Waals surface area contributed by atoms with Gasteiger partial charge in [0.2, 0.25) is 0 Å². The van der Waals surface area contributed by atoms with Crippen molar-refractivity contribution in [2.75, 3.05) is 34.2 Å². The van der Waals surface area contributed by atoms with Crippen molar-refractivity contribution in [2.45, 2.75) is 24.2 Å². The molecule has 234 valence electrons. The minimum atomic E-state index is -0.413. The van der Waals surface area contributed by atoms with Crippen LogP contribution in [0.25, 0.3) is 0 Å². The first-order valence-corrected chi connectivity index (χ1v) is 15.0. The maximum Gasteiger partial charge on any atom is 0.253 e. The summed E-state index contributed by atoms with van der Waals surface area (Å²) < 4.78 is 23.4. The van der Waals surface area contributed by atoms with Crippen LogP contribution in [0.1, 0.15) is 39.8 Å². The molecule has 0 saturated heterocycles. The number of methoxy groups -OCH3 is 4. The zero-order valence-electron chi connectivity index (χ0n) is 25.6. The second-order valence-electron chi connectivity index (χ2n) is 9.97. The first-order chi connectivity index (χ1) is 21.9. The van der Waals surface area contributed by atoms with Crippen LogP contribution in [0.15, 0.2) is 77.0 Å². The first kappa shape index (κ1) is 31.4. The average Bonchev–Trinajstić information content (AvgIpc) is 3.69. The van der Waals surface area contributed by atoms with Crippen molar-refractivity contribution in [3.63, 3.8) is 0 Å². The van der Waals surface area contributed by atoms with E-state index < -0.39 is 6.04 Å².